The second-order valence-electron chi connectivity index (χ2n) is 7.30. The molecule has 0 aliphatic carbocycles. The van der Waals surface area contributed by atoms with E-state index >= 15 is 0 Å². The van der Waals surface area contributed by atoms with Gasteiger partial charge in [0.25, 0.3) is 5.91 Å². The summed E-state index contributed by atoms with van der Waals surface area (Å²) in [6.07, 6.45) is 0. The van der Waals surface area contributed by atoms with Crippen LogP contribution in [-0.2, 0) is 4.79 Å². The predicted octanol–water partition coefficient (Wildman–Crippen LogP) is 4.19. The maximum atomic E-state index is 13.2. The first kappa shape index (κ1) is 20.6. The minimum Gasteiger partial charge on any atom is -0.348 e. The van der Waals surface area contributed by atoms with E-state index in [1.165, 1.54) is 23.8 Å². The fraction of sp³-hybridized carbons (Fsp3) is 0.364. The Labute approximate surface area is 160 Å². The molecular weight excluding hydrogens is 343 g/mol. The summed E-state index contributed by atoms with van der Waals surface area (Å²) >= 11 is 0. The molecule has 0 saturated heterocycles. The third kappa shape index (κ3) is 5.91. The Morgan fingerprint density at radius 2 is 1.59 bits per heavy atom. The zero-order valence-corrected chi connectivity index (χ0v) is 16.3. The van der Waals surface area contributed by atoms with Gasteiger partial charge in [-0.2, -0.15) is 0 Å². The molecule has 2 N–H and O–H groups in total. The van der Waals surface area contributed by atoms with E-state index < -0.39 is 11.7 Å². The van der Waals surface area contributed by atoms with E-state index in [1.54, 1.807) is 0 Å². The molecule has 1 unspecified atom stereocenters. The van der Waals surface area contributed by atoms with E-state index in [-0.39, 0.29) is 30.0 Å². The van der Waals surface area contributed by atoms with Gasteiger partial charge in [0.05, 0.1) is 12.6 Å². The first-order valence-electron chi connectivity index (χ1n) is 9.21. The van der Waals surface area contributed by atoms with Gasteiger partial charge in [-0.1, -0.05) is 58.0 Å². The first-order chi connectivity index (χ1) is 12.8. The Balaban J connectivity index is 1.97. The number of hydrogen-bond donors (Lipinski definition) is 2. The van der Waals surface area contributed by atoms with E-state index in [9.17, 15) is 14.0 Å². The number of carbonyl (C=O) groups excluding carboxylic acids is 2. The number of carbonyl (C=O) groups is 2. The van der Waals surface area contributed by atoms with Crippen molar-refractivity contribution in [1.29, 1.82) is 0 Å². The van der Waals surface area contributed by atoms with Gasteiger partial charge in [0.2, 0.25) is 5.91 Å². The Bertz CT molecular complexity index is 785. The largest absolute Gasteiger partial charge is 0.348 e. The fourth-order valence-corrected chi connectivity index (χ4v) is 2.84. The number of amides is 2. The van der Waals surface area contributed by atoms with Gasteiger partial charge >= 0.3 is 0 Å². The fourth-order valence-electron chi connectivity index (χ4n) is 2.84. The molecule has 0 fully saturated rings. The second-order valence-corrected chi connectivity index (χ2v) is 7.30. The van der Waals surface area contributed by atoms with Crippen molar-refractivity contribution in [3.63, 3.8) is 0 Å². The van der Waals surface area contributed by atoms with Crippen molar-refractivity contribution in [2.24, 2.45) is 5.92 Å². The second kappa shape index (κ2) is 9.31. The standard InChI is InChI=1S/C22H27FN2O2/c1-14(2)16-8-10-17(11-9-16)21(15(3)4)25-20(26)13-24-22(27)18-6-5-7-19(23)12-18/h5-12,14-15,21H,13H2,1-4H3,(H,24,27)(H,25,26). The van der Waals surface area contributed by atoms with E-state index in [4.69, 9.17) is 0 Å². The van der Waals surface area contributed by atoms with E-state index in [1.807, 2.05) is 26.0 Å². The van der Waals surface area contributed by atoms with Crippen LogP contribution in [0.5, 0.6) is 0 Å². The molecule has 0 bridgehead atoms. The minimum absolute atomic E-state index is 0.148. The van der Waals surface area contributed by atoms with Crippen molar-refractivity contribution in [1.82, 2.24) is 10.6 Å². The zero-order chi connectivity index (χ0) is 20.0. The summed E-state index contributed by atoms with van der Waals surface area (Å²) in [6.45, 7) is 8.18. The molecule has 2 aromatic rings. The van der Waals surface area contributed by atoms with E-state index in [2.05, 4.69) is 36.6 Å². The van der Waals surface area contributed by atoms with Gasteiger partial charge in [-0.05, 0) is 41.2 Å². The summed E-state index contributed by atoms with van der Waals surface area (Å²) in [5, 5.41) is 5.50. The van der Waals surface area contributed by atoms with Crippen LogP contribution in [0.25, 0.3) is 0 Å². The maximum absolute atomic E-state index is 13.2. The van der Waals surface area contributed by atoms with Gasteiger partial charge < -0.3 is 10.6 Å². The Morgan fingerprint density at radius 3 is 2.15 bits per heavy atom. The van der Waals surface area contributed by atoms with Crippen molar-refractivity contribution in [2.45, 2.75) is 39.7 Å². The van der Waals surface area contributed by atoms with Crippen molar-refractivity contribution in [2.75, 3.05) is 6.54 Å². The highest BCUT2D eigenvalue weighted by Gasteiger charge is 2.19. The molecule has 1 atom stereocenters. The summed E-state index contributed by atoms with van der Waals surface area (Å²) in [6, 6.07) is 13.4. The number of nitrogens with one attached hydrogen (secondary N) is 2. The SMILES string of the molecule is CC(C)c1ccc(C(NC(=O)CNC(=O)c2cccc(F)c2)C(C)C)cc1. The van der Waals surface area contributed by atoms with Crippen molar-refractivity contribution >= 4 is 11.8 Å². The third-order valence-corrected chi connectivity index (χ3v) is 4.44. The first-order valence-corrected chi connectivity index (χ1v) is 9.21. The normalized spacial score (nSPS) is 12.1. The molecule has 27 heavy (non-hydrogen) atoms. The molecule has 5 heteroatoms. The molecule has 2 rings (SSSR count). The summed E-state index contributed by atoms with van der Waals surface area (Å²) in [4.78, 5) is 24.3. The quantitative estimate of drug-likeness (QED) is 0.768. The van der Waals surface area contributed by atoms with Crippen LogP contribution in [0.2, 0.25) is 0 Å². The van der Waals surface area contributed by atoms with Crippen LogP contribution in [0.15, 0.2) is 48.5 Å². The van der Waals surface area contributed by atoms with Crippen LogP contribution in [0.1, 0.15) is 61.1 Å². The molecule has 0 spiro atoms. The van der Waals surface area contributed by atoms with E-state index in [0.29, 0.717) is 5.92 Å². The lowest BCUT2D eigenvalue weighted by Gasteiger charge is -2.23. The molecule has 2 aromatic carbocycles. The lowest BCUT2D eigenvalue weighted by molar-refractivity contribution is -0.121. The van der Waals surface area contributed by atoms with Crippen LogP contribution < -0.4 is 10.6 Å². The monoisotopic (exact) mass is 370 g/mol. The smallest absolute Gasteiger partial charge is 0.251 e. The van der Waals surface area contributed by atoms with Gasteiger partial charge in [-0.3, -0.25) is 9.59 Å². The Kier molecular flexibility index (Phi) is 7.11. The minimum atomic E-state index is -0.489. The average molecular weight is 370 g/mol. The van der Waals surface area contributed by atoms with Crippen LogP contribution in [0, 0.1) is 11.7 Å². The number of rotatable bonds is 7. The molecule has 0 saturated carbocycles. The predicted molar refractivity (Wildman–Crippen MR) is 105 cm³/mol. The summed E-state index contributed by atoms with van der Waals surface area (Å²) in [5.41, 5.74) is 2.46. The highest BCUT2D eigenvalue weighted by Crippen LogP contribution is 2.24. The van der Waals surface area contributed by atoms with Crippen molar-refractivity contribution in [3.05, 3.63) is 71.0 Å². The molecule has 0 aromatic heterocycles. The van der Waals surface area contributed by atoms with Crippen molar-refractivity contribution in [3.8, 4) is 0 Å². The molecule has 2 amide bonds. The topological polar surface area (TPSA) is 58.2 Å². The molecular formula is C22H27FN2O2. The third-order valence-electron chi connectivity index (χ3n) is 4.44. The van der Waals surface area contributed by atoms with Gasteiger partial charge in [-0.25, -0.2) is 4.39 Å². The van der Waals surface area contributed by atoms with Crippen LogP contribution >= 0.6 is 0 Å². The van der Waals surface area contributed by atoms with Crippen LogP contribution in [-0.4, -0.2) is 18.4 Å². The molecule has 0 heterocycles. The van der Waals surface area contributed by atoms with Crippen LogP contribution in [0.3, 0.4) is 0 Å². The maximum Gasteiger partial charge on any atom is 0.251 e. The van der Waals surface area contributed by atoms with Gasteiger partial charge in [0.15, 0.2) is 0 Å². The number of benzene rings is 2. The zero-order valence-electron chi connectivity index (χ0n) is 16.3. The highest BCUT2D eigenvalue weighted by molar-refractivity contribution is 5.96. The summed E-state index contributed by atoms with van der Waals surface area (Å²) < 4.78 is 13.2. The van der Waals surface area contributed by atoms with Gasteiger partial charge in [0, 0.05) is 5.56 Å². The van der Waals surface area contributed by atoms with Crippen LogP contribution in [0.4, 0.5) is 4.39 Å². The summed E-state index contributed by atoms with van der Waals surface area (Å²) in [7, 11) is 0. The van der Waals surface area contributed by atoms with Gasteiger partial charge in [0.1, 0.15) is 5.82 Å². The lowest BCUT2D eigenvalue weighted by Crippen LogP contribution is -2.40. The molecule has 144 valence electrons. The van der Waals surface area contributed by atoms with Crippen molar-refractivity contribution < 1.29 is 14.0 Å². The highest BCUT2D eigenvalue weighted by atomic mass is 19.1. The number of hydrogen-bond acceptors (Lipinski definition) is 2. The van der Waals surface area contributed by atoms with Gasteiger partial charge in [-0.15, -0.1) is 0 Å². The Morgan fingerprint density at radius 1 is 0.963 bits per heavy atom. The number of halogens is 1. The molecule has 0 aliphatic rings. The van der Waals surface area contributed by atoms with E-state index in [0.717, 1.165) is 11.6 Å². The molecule has 0 radical (unpaired) electrons. The molecule has 4 nitrogen and oxygen atoms in total. The molecule has 0 aliphatic heterocycles. The Hall–Kier alpha value is -2.69. The lowest BCUT2D eigenvalue weighted by atomic mass is 9.93. The summed E-state index contributed by atoms with van der Waals surface area (Å²) in [5.74, 6) is -0.614. The average Bonchev–Trinajstić information content (AvgIpc) is 2.64.